The average molecular weight is 235 g/mol. The smallest absolute Gasteiger partial charge is 0.293 e. The number of hydrogen-bond donors (Lipinski definition) is 3. The van der Waals surface area contributed by atoms with E-state index in [-0.39, 0.29) is 11.8 Å². The van der Waals surface area contributed by atoms with E-state index in [0.29, 0.717) is 5.69 Å². The fraction of sp³-hybridized carbons (Fsp3) is 0.333. The van der Waals surface area contributed by atoms with Crippen LogP contribution in [0.25, 0.3) is 0 Å². The monoisotopic (exact) mass is 235 g/mol. The highest BCUT2D eigenvalue weighted by atomic mass is 16.2. The Balaban J connectivity index is 2.18. The van der Waals surface area contributed by atoms with Gasteiger partial charge in [0.2, 0.25) is 11.8 Å². The molecule has 0 atom stereocenters. The lowest BCUT2D eigenvalue weighted by molar-refractivity contribution is 0.101. The van der Waals surface area contributed by atoms with Gasteiger partial charge in [-0.25, -0.2) is 0 Å². The Bertz CT molecular complexity index is 541. The van der Waals surface area contributed by atoms with Gasteiger partial charge in [0.05, 0.1) is 11.4 Å². The Morgan fingerprint density at radius 3 is 3.00 bits per heavy atom. The van der Waals surface area contributed by atoms with Crippen molar-refractivity contribution >= 4 is 17.5 Å². The van der Waals surface area contributed by atoms with Crippen molar-refractivity contribution in [3.8, 4) is 0 Å². The van der Waals surface area contributed by atoms with Gasteiger partial charge in [-0.3, -0.25) is 14.6 Å². The standard InChI is InChI=1S/C9H13N7O/c1-3-5-6(4-16(2)15-5)11-8(17)7-12-9(10)14-13-7/h4H,3H2,1-2H3,(H,11,17)(H3,10,12,13,14). The van der Waals surface area contributed by atoms with Crippen LogP contribution in [-0.2, 0) is 13.5 Å². The Morgan fingerprint density at radius 1 is 1.65 bits per heavy atom. The minimum absolute atomic E-state index is 0.0389. The predicted octanol–water partition coefficient (Wildman–Crippen LogP) is -0.0649. The fourth-order valence-corrected chi connectivity index (χ4v) is 1.46. The minimum atomic E-state index is -0.392. The van der Waals surface area contributed by atoms with Gasteiger partial charge in [-0.1, -0.05) is 6.92 Å². The zero-order valence-electron chi connectivity index (χ0n) is 9.56. The molecule has 4 N–H and O–H groups in total. The number of hydrogen-bond acceptors (Lipinski definition) is 5. The maximum absolute atomic E-state index is 11.8. The first kappa shape index (κ1) is 11.1. The van der Waals surface area contributed by atoms with E-state index in [9.17, 15) is 4.79 Å². The second kappa shape index (κ2) is 4.24. The molecule has 2 aromatic heterocycles. The van der Waals surface area contributed by atoms with Crippen LogP contribution < -0.4 is 11.1 Å². The zero-order valence-corrected chi connectivity index (χ0v) is 9.56. The van der Waals surface area contributed by atoms with Crippen LogP contribution in [0, 0.1) is 0 Å². The first-order valence-corrected chi connectivity index (χ1v) is 5.12. The molecule has 8 nitrogen and oxygen atoms in total. The molecule has 0 bridgehead atoms. The lowest BCUT2D eigenvalue weighted by atomic mass is 10.3. The number of nitrogen functional groups attached to an aromatic ring is 1. The molecule has 0 saturated carbocycles. The Labute approximate surface area is 97.2 Å². The number of nitrogens with one attached hydrogen (secondary N) is 2. The largest absolute Gasteiger partial charge is 0.366 e. The van der Waals surface area contributed by atoms with Gasteiger partial charge >= 0.3 is 0 Å². The number of anilines is 2. The minimum Gasteiger partial charge on any atom is -0.366 e. The molecule has 0 aliphatic heterocycles. The molecule has 0 saturated heterocycles. The molecule has 2 heterocycles. The highest BCUT2D eigenvalue weighted by Crippen LogP contribution is 2.14. The summed E-state index contributed by atoms with van der Waals surface area (Å²) in [5, 5.41) is 12.9. The molecule has 0 radical (unpaired) electrons. The number of carbonyl (C=O) groups is 1. The van der Waals surface area contributed by atoms with Gasteiger partial charge < -0.3 is 11.1 Å². The number of carbonyl (C=O) groups excluding carboxylic acids is 1. The molecular weight excluding hydrogens is 222 g/mol. The van der Waals surface area contributed by atoms with Crippen molar-refractivity contribution in [2.45, 2.75) is 13.3 Å². The normalized spacial score (nSPS) is 10.5. The molecule has 0 aliphatic rings. The molecule has 0 unspecified atom stereocenters. The number of amides is 1. The summed E-state index contributed by atoms with van der Waals surface area (Å²) in [4.78, 5) is 15.5. The predicted molar refractivity (Wildman–Crippen MR) is 61.3 cm³/mol. The molecule has 2 rings (SSSR count). The van der Waals surface area contributed by atoms with E-state index in [1.807, 2.05) is 6.92 Å². The van der Waals surface area contributed by atoms with E-state index >= 15 is 0 Å². The van der Waals surface area contributed by atoms with Crippen molar-refractivity contribution in [1.29, 1.82) is 0 Å². The van der Waals surface area contributed by atoms with Crippen LogP contribution in [0.2, 0.25) is 0 Å². The van der Waals surface area contributed by atoms with Gasteiger partial charge in [0.1, 0.15) is 0 Å². The molecular formula is C9H13N7O. The highest BCUT2D eigenvalue weighted by Gasteiger charge is 2.14. The number of H-pyrrole nitrogens is 1. The van der Waals surface area contributed by atoms with Crippen molar-refractivity contribution in [3.05, 3.63) is 17.7 Å². The van der Waals surface area contributed by atoms with E-state index in [1.165, 1.54) is 0 Å². The van der Waals surface area contributed by atoms with Crippen LogP contribution in [0.4, 0.5) is 11.6 Å². The molecule has 1 amide bonds. The molecule has 0 spiro atoms. The van der Waals surface area contributed by atoms with E-state index in [0.717, 1.165) is 12.1 Å². The molecule has 17 heavy (non-hydrogen) atoms. The van der Waals surface area contributed by atoms with Crippen molar-refractivity contribution in [1.82, 2.24) is 25.0 Å². The second-order valence-electron chi connectivity index (χ2n) is 3.51. The number of aromatic amines is 1. The van der Waals surface area contributed by atoms with Gasteiger partial charge in [-0.2, -0.15) is 10.1 Å². The first-order valence-electron chi connectivity index (χ1n) is 5.12. The van der Waals surface area contributed by atoms with Crippen LogP contribution in [0.1, 0.15) is 23.2 Å². The Morgan fingerprint density at radius 2 is 2.41 bits per heavy atom. The molecule has 8 heteroatoms. The Kier molecular flexibility index (Phi) is 2.77. The van der Waals surface area contributed by atoms with Crippen LogP contribution in [0.5, 0.6) is 0 Å². The van der Waals surface area contributed by atoms with E-state index in [2.05, 4.69) is 25.6 Å². The van der Waals surface area contributed by atoms with Gasteiger partial charge in [-0.05, 0) is 6.42 Å². The molecule has 0 fully saturated rings. The van der Waals surface area contributed by atoms with Gasteiger partial charge in [-0.15, -0.1) is 5.10 Å². The fourth-order valence-electron chi connectivity index (χ4n) is 1.46. The Hall–Kier alpha value is -2.38. The van der Waals surface area contributed by atoms with Crippen molar-refractivity contribution < 1.29 is 4.79 Å². The van der Waals surface area contributed by atoms with E-state index in [4.69, 9.17) is 5.73 Å². The number of nitrogens with zero attached hydrogens (tertiary/aromatic N) is 4. The second-order valence-corrected chi connectivity index (χ2v) is 3.51. The third-order valence-corrected chi connectivity index (χ3v) is 2.21. The van der Waals surface area contributed by atoms with Crippen molar-refractivity contribution in [2.24, 2.45) is 7.05 Å². The lowest BCUT2D eigenvalue weighted by Crippen LogP contribution is -2.14. The zero-order chi connectivity index (χ0) is 12.4. The highest BCUT2D eigenvalue weighted by molar-refractivity contribution is 6.01. The summed E-state index contributed by atoms with van der Waals surface area (Å²) in [6.45, 7) is 1.96. The van der Waals surface area contributed by atoms with Gasteiger partial charge in [0, 0.05) is 13.2 Å². The topological polar surface area (TPSA) is 115 Å². The van der Waals surface area contributed by atoms with Crippen molar-refractivity contribution in [2.75, 3.05) is 11.1 Å². The van der Waals surface area contributed by atoms with Crippen LogP contribution in [0.3, 0.4) is 0 Å². The van der Waals surface area contributed by atoms with Crippen LogP contribution in [-0.4, -0.2) is 30.9 Å². The molecule has 2 aromatic rings. The van der Waals surface area contributed by atoms with Crippen molar-refractivity contribution in [3.63, 3.8) is 0 Å². The summed E-state index contributed by atoms with van der Waals surface area (Å²) in [5.41, 5.74) is 6.80. The quantitative estimate of drug-likeness (QED) is 0.689. The number of aromatic nitrogens is 5. The van der Waals surface area contributed by atoms with Gasteiger partial charge in [0.25, 0.3) is 5.91 Å². The summed E-state index contributed by atoms with van der Waals surface area (Å²) in [7, 11) is 1.79. The first-order chi connectivity index (χ1) is 8.10. The van der Waals surface area contributed by atoms with E-state index < -0.39 is 5.91 Å². The number of rotatable bonds is 3. The molecule has 90 valence electrons. The maximum Gasteiger partial charge on any atom is 0.293 e. The summed E-state index contributed by atoms with van der Waals surface area (Å²) in [6, 6.07) is 0. The summed E-state index contributed by atoms with van der Waals surface area (Å²) >= 11 is 0. The maximum atomic E-state index is 11.8. The lowest BCUT2D eigenvalue weighted by Gasteiger charge is -2.00. The summed E-state index contributed by atoms with van der Waals surface area (Å²) in [6.07, 6.45) is 2.46. The third-order valence-electron chi connectivity index (χ3n) is 2.21. The van der Waals surface area contributed by atoms with Crippen LogP contribution >= 0.6 is 0 Å². The molecule has 0 aliphatic carbocycles. The summed E-state index contributed by atoms with van der Waals surface area (Å²) < 4.78 is 1.64. The molecule has 0 aromatic carbocycles. The average Bonchev–Trinajstić information content (AvgIpc) is 2.85. The summed E-state index contributed by atoms with van der Waals surface area (Å²) in [5.74, 6) is -0.276. The SMILES string of the molecule is CCc1nn(C)cc1NC(=O)c1nc(N)n[nH]1. The van der Waals surface area contributed by atoms with Gasteiger partial charge in [0.15, 0.2) is 0 Å². The van der Waals surface area contributed by atoms with E-state index in [1.54, 1.807) is 17.9 Å². The number of nitrogens with two attached hydrogens (primary N) is 1. The number of aryl methyl sites for hydroxylation is 2. The third kappa shape index (κ3) is 2.25. The van der Waals surface area contributed by atoms with Crippen LogP contribution in [0.15, 0.2) is 6.20 Å².